The summed E-state index contributed by atoms with van der Waals surface area (Å²) in [7, 11) is 0. The minimum absolute atomic E-state index is 0.0339. The van der Waals surface area contributed by atoms with Crippen molar-refractivity contribution in [2.45, 2.75) is 11.9 Å². The summed E-state index contributed by atoms with van der Waals surface area (Å²) in [6.45, 7) is 2.05. The van der Waals surface area contributed by atoms with Crippen LogP contribution in [0.4, 0.5) is 0 Å². The van der Waals surface area contributed by atoms with Crippen LogP contribution in [0.2, 0.25) is 0 Å². The largest absolute Gasteiger partial charge is 0.344 e. The van der Waals surface area contributed by atoms with Crippen LogP contribution >= 0.6 is 27.7 Å². The average Bonchev–Trinajstić information content (AvgIpc) is 1.85. The summed E-state index contributed by atoms with van der Waals surface area (Å²) in [5.41, 5.74) is 0.0339. The third-order valence-corrected chi connectivity index (χ3v) is 2.33. The van der Waals surface area contributed by atoms with Gasteiger partial charge < -0.3 is 4.98 Å². The Balaban J connectivity index is 2.99. The maximum Gasteiger partial charge on any atom is 0.183 e. The van der Waals surface area contributed by atoms with E-state index in [1.165, 1.54) is 6.07 Å². The van der Waals surface area contributed by atoms with E-state index < -0.39 is 0 Å². The van der Waals surface area contributed by atoms with Crippen molar-refractivity contribution in [2.75, 3.05) is 5.75 Å². The second-order valence-electron chi connectivity index (χ2n) is 1.96. The normalized spacial score (nSPS) is 10.0. The van der Waals surface area contributed by atoms with Gasteiger partial charge in [0.1, 0.15) is 0 Å². The predicted molar refractivity (Wildman–Crippen MR) is 51.2 cm³/mol. The quantitative estimate of drug-likeness (QED) is 0.628. The zero-order chi connectivity index (χ0) is 8.27. The van der Waals surface area contributed by atoms with E-state index in [1.807, 2.05) is 6.92 Å². The van der Waals surface area contributed by atoms with Gasteiger partial charge in [0.05, 0.1) is 9.63 Å². The van der Waals surface area contributed by atoms with Gasteiger partial charge >= 0.3 is 0 Å². The van der Waals surface area contributed by atoms with E-state index in [-0.39, 0.29) is 5.43 Å². The van der Waals surface area contributed by atoms with Crippen molar-refractivity contribution in [2.24, 2.45) is 0 Å². The fraction of sp³-hybridized carbons (Fsp3) is 0.286. The molecule has 1 aromatic rings. The molecule has 0 aliphatic heterocycles. The van der Waals surface area contributed by atoms with E-state index in [4.69, 9.17) is 0 Å². The maximum atomic E-state index is 10.9. The monoisotopic (exact) mass is 233 g/mol. The fourth-order valence-electron chi connectivity index (χ4n) is 0.719. The van der Waals surface area contributed by atoms with Gasteiger partial charge in [0.25, 0.3) is 0 Å². The Morgan fingerprint density at radius 3 is 2.91 bits per heavy atom. The lowest BCUT2D eigenvalue weighted by molar-refractivity contribution is 1.09. The molecule has 0 saturated carbocycles. The highest BCUT2D eigenvalue weighted by molar-refractivity contribution is 9.10. The first kappa shape index (κ1) is 8.87. The van der Waals surface area contributed by atoms with E-state index >= 15 is 0 Å². The lowest BCUT2D eigenvalue weighted by Crippen LogP contribution is -1.98. The van der Waals surface area contributed by atoms with E-state index in [0.29, 0.717) is 0 Å². The summed E-state index contributed by atoms with van der Waals surface area (Å²) in [6, 6.07) is 3.11. The van der Waals surface area contributed by atoms with Gasteiger partial charge in [-0.15, -0.1) is 11.8 Å². The molecule has 1 N–H and O–H groups in total. The summed E-state index contributed by atoms with van der Waals surface area (Å²) in [4.78, 5) is 14.0. The van der Waals surface area contributed by atoms with Gasteiger partial charge in [0.2, 0.25) is 0 Å². The summed E-state index contributed by atoms with van der Waals surface area (Å²) in [5, 5.41) is 0.909. The molecule has 0 saturated heterocycles. The van der Waals surface area contributed by atoms with Crippen molar-refractivity contribution in [3.05, 3.63) is 27.0 Å². The van der Waals surface area contributed by atoms with Gasteiger partial charge in [0.15, 0.2) is 5.43 Å². The smallest absolute Gasteiger partial charge is 0.183 e. The highest BCUT2D eigenvalue weighted by Gasteiger charge is 1.94. The molecule has 0 amide bonds. The fourth-order valence-corrected chi connectivity index (χ4v) is 1.98. The summed E-state index contributed by atoms with van der Waals surface area (Å²) in [6.07, 6.45) is 0. The molecule has 1 heterocycles. The molecule has 0 atom stereocenters. The zero-order valence-electron chi connectivity index (χ0n) is 6.06. The number of halogens is 1. The van der Waals surface area contributed by atoms with Crippen molar-refractivity contribution in [1.82, 2.24) is 4.98 Å². The van der Waals surface area contributed by atoms with E-state index in [1.54, 1.807) is 17.8 Å². The SMILES string of the molecule is CCSc1cc(=O)cc(Br)[nH]1. The van der Waals surface area contributed by atoms with E-state index in [9.17, 15) is 4.79 Å². The highest BCUT2D eigenvalue weighted by Crippen LogP contribution is 2.14. The van der Waals surface area contributed by atoms with E-state index in [0.717, 1.165) is 15.4 Å². The molecular weight excluding hydrogens is 226 g/mol. The summed E-state index contributed by atoms with van der Waals surface area (Å²) >= 11 is 4.83. The molecule has 0 aromatic carbocycles. The third kappa shape index (κ3) is 2.71. The first-order chi connectivity index (χ1) is 5.22. The molecule has 0 unspecified atom stereocenters. The van der Waals surface area contributed by atoms with Gasteiger partial charge in [-0.3, -0.25) is 4.79 Å². The molecule has 1 rings (SSSR count). The summed E-state index contributed by atoms with van der Waals surface area (Å²) in [5.74, 6) is 0.965. The van der Waals surface area contributed by atoms with E-state index in [2.05, 4.69) is 20.9 Å². The van der Waals surface area contributed by atoms with Gasteiger partial charge in [-0.25, -0.2) is 0 Å². The molecule has 4 heteroatoms. The predicted octanol–water partition coefficient (Wildman–Crippen LogP) is 2.25. The Labute approximate surface area is 77.5 Å². The van der Waals surface area contributed by atoms with Gasteiger partial charge in [0, 0.05) is 12.1 Å². The Morgan fingerprint density at radius 2 is 2.36 bits per heavy atom. The van der Waals surface area contributed by atoms with Crippen LogP contribution in [-0.4, -0.2) is 10.7 Å². The molecule has 0 fully saturated rings. The topological polar surface area (TPSA) is 32.9 Å². The molecular formula is C7H8BrNOS. The van der Waals surface area contributed by atoms with Crippen LogP contribution in [0.25, 0.3) is 0 Å². The number of pyridine rings is 1. The molecule has 1 aromatic heterocycles. The Kier molecular flexibility index (Phi) is 3.20. The molecule has 0 aliphatic rings. The number of nitrogens with one attached hydrogen (secondary N) is 1. The second-order valence-corrected chi connectivity index (χ2v) is 4.12. The minimum atomic E-state index is 0.0339. The Hall–Kier alpha value is -0.220. The Bertz CT molecular complexity index is 297. The maximum absolute atomic E-state index is 10.9. The van der Waals surface area contributed by atoms with Gasteiger partial charge in [-0.1, -0.05) is 6.92 Å². The first-order valence-corrected chi connectivity index (χ1v) is 5.03. The minimum Gasteiger partial charge on any atom is -0.344 e. The summed E-state index contributed by atoms with van der Waals surface area (Å²) < 4.78 is 0.737. The zero-order valence-corrected chi connectivity index (χ0v) is 8.46. The lowest BCUT2D eigenvalue weighted by atomic mass is 10.5. The number of H-pyrrole nitrogens is 1. The van der Waals surface area contributed by atoms with Crippen molar-refractivity contribution < 1.29 is 0 Å². The molecule has 0 aliphatic carbocycles. The first-order valence-electron chi connectivity index (χ1n) is 3.25. The molecule has 0 spiro atoms. The number of hydrogen-bond donors (Lipinski definition) is 1. The van der Waals surface area contributed by atoms with Gasteiger partial charge in [-0.2, -0.15) is 0 Å². The van der Waals surface area contributed by atoms with Crippen molar-refractivity contribution in [3.63, 3.8) is 0 Å². The number of hydrogen-bond acceptors (Lipinski definition) is 2. The molecule has 60 valence electrons. The molecule has 11 heavy (non-hydrogen) atoms. The lowest BCUT2D eigenvalue weighted by Gasteiger charge is -1.97. The number of thioether (sulfide) groups is 1. The molecule has 2 nitrogen and oxygen atoms in total. The number of rotatable bonds is 2. The standard InChI is InChI=1S/C7H8BrNOS/c1-2-11-7-4-5(10)3-6(8)9-7/h3-4H,2H2,1H3,(H,9,10). The van der Waals surface area contributed by atoms with Crippen LogP contribution in [0.1, 0.15) is 6.92 Å². The van der Waals surface area contributed by atoms with Crippen LogP contribution in [0, 0.1) is 0 Å². The van der Waals surface area contributed by atoms with Crippen LogP contribution in [0.15, 0.2) is 26.6 Å². The number of aromatic nitrogens is 1. The van der Waals surface area contributed by atoms with Crippen LogP contribution in [0.5, 0.6) is 0 Å². The molecule has 0 radical (unpaired) electrons. The molecule has 0 bridgehead atoms. The second kappa shape index (κ2) is 3.97. The van der Waals surface area contributed by atoms with Crippen LogP contribution < -0.4 is 5.43 Å². The van der Waals surface area contributed by atoms with Crippen molar-refractivity contribution in [3.8, 4) is 0 Å². The van der Waals surface area contributed by atoms with Crippen LogP contribution in [-0.2, 0) is 0 Å². The number of aromatic amines is 1. The third-order valence-electron chi connectivity index (χ3n) is 1.08. The average molecular weight is 234 g/mol. The Morgan fingerprint density at radius 1 is 1.64 bits per heavy atom. The van der Waals surface area contributed by atoms with Crippen molar-refractivity contribution >= 4 is 27.7 Å². The van der Waals surface area contributed by atoms with Crippen molar-refractivity contribution in [1.29, 1.82) is 0 Å². The van der Waals surface area contributed by atoms with Crippen LogP contribution in [0.3, 0.4) is 0 Å². The van der Waals surface area contributed by atoms with Gasteiger partial charge in [-0.05, 0) is 21.7 Å². The highest BCUT2D eigenvalue weighted by atomic mass is 79.9.